The molecule has 106 valence electrons. The summed E-state index contributed by atoms with van der Waals surface area (Å²) < 4.78 is 5.45. The quantitative estimate of drug-likeness (QED) is 0.720. The maximum atomic E-state index is 11.4. The summed E-state index contributed by atoms with van der Waals surface area (Å²) in [5.74, 6) is 0.745. The van der Waals surface area contributed by atoms with Crippen molar-refractivity contribution in [2.45, 2.75) is 26.2 Å². The van der Waals surface area contributed by atoms with E-state index in [2.05, 4.69) is 17.6 Å². The SMILES string of the molecule is CCCCCNC(=O)NCCOc1ccc(Cl)cc1. The van der Waals surface area contributed by atoms with Gasteiger partial charge in [-0.15, -0.1) is 0 Å². The zero-order valence-corrected chi connectivity index (χ0v) is 12.0. The standard InChI is InChI=1S/C14H21ClN2O2/c1-2-3-4-9-16-14(18)17-10-11-19-13-7-5-12(15)6-8-13/h5-8H,2-4,9-11H2,1H3,(H2,16,17,18). The maximum Gasteiger partial charge on any atom is 0.314 e. The summed E-state index contributed by atoms with van der Waals surface area (Å²) in [6.07, 6.45) is 3.31. The van der Waals surface area contributed by atoms with Gasteiger partial charge in [0.25, 0.3) is 0 Å². The Morgan fingerprint density at radius 2 is 1.84 bits per heavy atom. The van der Waals surface area contributed by atoms with Crippen LogP contribution in [0.5, 0.6) is 5.75 Å². The molecule has 0 aliphatic heterocycles. The molecule has 19 heavy (non-hydrogen) atoms. The van der Waals surface area contributed by atoms with E-state index in [4.69, 9.17) is 16.3 Å². The molecular formula is C14H21ClN2O2. The van der Waals surface area contributed by atoms with E-state index in [1.54, 1.807) is 24.3 Å². The fraction of sp³-hybridized carbons (Fsp3) is 0.500. The molecule has 0 saturated carbocycles. The summed E-state index contributed by atoms with van der Waals surface area (Å²) in [7, 11) is 0. The van der Waals surface area contributed by atoms with Gasteiger partial charge in [0.2, 0.25) is 0 Å². The van der Waals surface area contributed by atoms with Crippen molar-refractivity contribution in [1.29, 1.82) is 0 Å². The average Bonchev–Trinajstić information content (AvgIpc) is 2.42. The molecule has 2 N–H and O–H groups in total. The highest BCUT2D eigenvalue weighted by Crippen LogP contribution is 2.14. The first kappa shape index (κ1) is 15.6. The normalized spacial score (nSPS) is 10.0. The third-order valence-electron chi connectivity index (χ3n) is 2.54. The van der Waals surface area contributed by atoms with Gasteiger partial charge in [-0.25, -0.2) is 4.79 Å². The number of rotatable bonds is 8. The summed E-state index contributed by atoms with van der Waals surface area (Å²) in [5.41, 5.74) is 0. The molecule has 2 amide bonds. The molecule has 0 fully saturated rings. The van der Waals surface area contributed by atoms with Crippen LogP contribution in [-0.2, 0) is 0 Å². The molecule has 0 aromatic heterocycles. The predicted molar refractivity (Wildman–Crippen MR) is 77.9 cm³/mol. The number of amides is 2. The van der Waals surface area contributed by atoms with Crippen LogP contribution in [0.4, 0.5) is 4.79 Å². The molecule has 0 aliphatic carbocycles. The van der Waals surface area contributed by atoms with E-state index in [0.29, 0.717) is 18.2 Å². The van der Waals surface area contributed by atoms with Crippen LogP contribution < -0.4 is 15.4 Å². The van der Waals surface area contributed by atoms with E-state index in [9.17, 15) is 4.79 Å². The van der Waals surface area contributed by atoms with Crippen molar-refractivity contribution in [3.63, 3.8) is 0 Å². The molecule has 1 aromatic rings. The fourth-order valence-electron chi connectivity index (χ4n) is 1.50. The van der Waals surface area contributed by atoms with Crippen LogP contribution in [0.1, 0.15) is 26.2 Å². The number of carbonyl (C=O) groups is 1. The third kappa shape index (κ3) is 7.57. The van der Waals surface area contributed by atoms with E-state index in [1.165, 1.54) is 0 Å². The summed E-state index contributed by atoms with van der Waals surface area (Å²) >= 11 is 5.76. The number of unbranched alkanes of at least 4 members (excludes halogenated alkanes) is 2. The smallest absolute Gasteiger partial charge is 0.314 e. The molecule has 5 heteroatoms. The number of urea groups is 1. The zero-order valence-electron chi connectivity index (χ0n) is 11.2. The molecule has 4 nitrogen and oxygen atoms in total. The molecule has 0 unspecified atom stereocenters. The van der Waals surface area contributed by atoms with Crippen LogP contribution in [0.3, 0.4) is 0 Å². The number of nitrogens with one attached hydrogen (secondary N) is 2. The van der Waals surface area contributed by atoms with E-state index in [0.717, 1.165) is 31.6 Å². The third-order valence-corrected chi connectivity index (χ3v) is 2.79. The lowest BCUT2D eigenvalue weighted by atomic mass is 10.2. The molecule has 0 heterocycles. The molecule has 0 spiro atoms. The van der Waals surface area contributed by atoms with Crippen LogP contribution in [0.15, 0.2) is 24.3 Å². The van der Waals surface area contributed by atoms with Gasteiger partial charge in [0, 0.05) is 11.6 Å². The van der Waals surface area contributed by atoms with Crippen molar-refractivity contribution < 1.29 is 9.53 Å². The maximum absolute atomic E-state index is 11.4. The number of hydrogen-bond acceptors (Lipinski definition) is 2. The minimum atomic E-state index is -0.143. The Morgan fingerprint density at radius 3 is 2.53 bits per heavy atom. The highest BCUT2D eigenvalue weighted by molar-refractivity contribution is 6.30. The van der Waals surface area contributed by atoms with Crippen molar-refractivity contribution >= 4 is 17.6 Å². The van der Waals surface area contributed by atoms with Crippen LogP contribution in [-0.4, -0.2) is 25.7 Å². The topological polar surface area (TPSA) is 50.4 Å². The van der Waals surface area contributed by atoms with Gasteiger partial charge < -0.3 is 15.4 Å². The van der Waals surface area contributed by atoms with E-state index in [-0.39, 0.29) is 6.03 Å². The van der Waals surface area contributed by atoms with Gasteiger partial charge in [-0.05, 0) is 30.7 Å². The Hall–Kier alpha value is -1.42. The monoisotopic (exact) mass is 284 g/mol. The largest absolute Gasteiger partial charge is 0.492 e. The van der Waals surface area contributed by atoms with Crippen LogP contribution in [0.2, 0.25) is 5.02 Å². The van der Waals surface area contributed by atoms with Crippen LogP contribution >= 0.6 is 11.6 Å². The van der Waals surface area contributed by atoms with E-state index >= 15 is 0 Å². The number of benzene rings is 1. The lowest BCUT2D eigenvalue weighted by molar-refractivity contribution is 0.236. The molecule has 0 aliphatic rings. The lowest BCUT2D eigenvalue weighted by Gasteiger charge is -2.09. The fourth-order valence-corrected chi connectivity index (χ4v) is 1.63. The second-order valence-corrected chi connectivity index (χ2v) is 4.63. The number of carbonyl (C=O) groups excluding carboxylic acids is 1. The molecule has 0 bridgehead atoms. The first-order valence-corrected chi connectivity index (χ1v) is 7.00. The number of ether oxygens (including phenoxy) is 1. The number of halogens is 1. The van der Waals surface area contributed by atoms with Gasteiger partial charge in [-0.3, -0.25) is 0 Å². The minimum absolute atomic E-state index is 0.143. The van der Waals surface area contributed by atoms with Gasteiger partial charge in [0.05, 0.1) is 6.54 Å². The van der Waals surface area contributed by atoms with Crippen molar-refractivity contribution in [1.82, 2.24) is 10.6 Å². The summed E-state index contributed by atoms with van der Waals surface area (Å²) in [5, 5.41) is 6.22. The van der Waals surface area contributed by atoms with Crippen molar-refractivity contribution in [3.8, 4) is 5.75 Å². The minimum Gasteiger partial charge on any atom is -0.492 e. The second-order valence-electron chi connectivity index (χ2n) is 4.19. The Bertz CT molecular complexity index is 368. The molecule has 0 radical (unpaired) electrons. The van der Waals surface area contributed by atoms with E-state index < -0.39 is 0 Å². The van der Waals surface area contributed by atoms with E-state index in [1.807, 2.05) is 0 Å². The summed E-state index contributed by atoms with van der Waals surface area (Å²) in [6, 6.07) is 6.99. The Balaban J connectivity index is 2.03. The first-order chi connectivity index (χ1) is 9.22. The van der Waals surface area contributed by atoms with Gasteiger partial charge in [0.1, 0.15) is 12.4 Å². The van der Waals surface area contributed by atoms with Gasteiger partial charge in [-0.1, -0.05) is 31.4 Å². The molecular weight excluding hydrogens is 264 g/mol. The first-order valence-electron chi connectivity index (χ1n) is 6.62. The predicted octanol–water partition coefficient (Wildman–Crippen LogP) is 3.21. The van der Waals surface area contributed by atoms with Crippen molar-refractivity contribution in [2.24, 2.45) is 0 Å². The Morgan fingerprint density at radius 1 is 1.16 bits per heavy atom. The zero-order chi connectivity index (χ0) is 13.9. The average molecular weight is 285 g/mol. The highest BCUT2D eigenvalue weighted by atomic mass is 35.5. The molecule has 1 rings (SSSR count). The molecule has 1 aromatic carbocycles. The Labute approximate surface area is 119 Å². The summed E-state index contributed by atoms with van der Waals surface area (Å²) in [6.45, 7) is 3.76. The lowest BCUT2D eigenvalue weighted by Crippen LogP contribution is -2.38. The van der Waals surface area contributed by atoms with Crippen LogP contribution in [0.25, 0.3) is 0 Å². The molecule has 0 saturated heterocycles. The van der Waals surface area contributed by atoms with Crippen molar-refractivity contribution in [3.05, 3.63) is 29.3 Å². The van der Waals surface area contributed by atoms with Crippen molar-refractivity contribution in [2.75, 3.05) is 19.7 Å². The molecule has 0 atom stereocenters. The van der Waals surface area contributed by atoms with Gasteiger partial charge in [-0.2, -0.15) is 0 Å². The highest BCUT2D eigenvalue weighted by Gasteiger charge is 1.99. The van der Waals surface area contributed by atoms with Gasteiger partial charge >= 0.3 is 6.03 Å². The Kier molecular flexibility index (Phi) is 7.82. The second kappa shape index (κ2) is 9.50. The number of hydrogen-bond donors (Lipinski definition) is 2. The summed E-state index contributed by atoms with van der Waals surface area (Å²) in [4.78, 5) is 11.4. The van der Waals surface area contributed by atoms with Crippen LogP contribution in [0, 0.1) is 0 Å². The van der Waals surface area contributed by atoms with Gasteiger partial charge in [0.15, 0.2) is 0 Å².